The van der Waals surface area contributed by atoms with Crippen LogP contribution in [0.1, 0.15) is 17.5 Å². The standard InChI is InChI=1S/C17H17BrFNO2/c1-12-9-13(5-6-16(12)19)11-20-17(21)7-8-22-15-4-2-3-14(18)10-15/h2-6,9-10H,7-8,11H2,1H3,(H,20,21). The van der Waals surface area contributed by atoms with E-state index in [4.69, 9.17) is 4.74 Å². The summed E-state index contributed by atoms with van der Waals surface area (Å²) in [5, 5.41) is 2.79. The molecule has 5 heteroatoms. The molecule has 3 nitrogen and oxygen atoms in total. The van der Waals surface area contributed by atoms with Crippen LogP contribution in [0.4, 0.5) is 4.39 Å². The first-order valence-corrected chi connectivity index (χ1v) is 7.74. The molecule has 116 valence electrons. The molecule has 2 rings (SSSR count). The molecule has 1 amide bonds. The van der Waals surface area contributed by atoms with Crippen molar-refractivity contribution in [3.63, 3.8) is 0 Å². The van der Waals surface area contributed by atoms with Crippen molar-refractivity contribution >= 4 is 21.8 Å². The summed E-state index contributed by atoms with van der Waals surface area (Å²) < 4.78 is 19.6. The third kappa shape index (κ3) is 5.15. The minimum atomic E-state index is -0.238. The van der Waals surface area contributed by atoms with Crippen molar-refractivity contribution in [3.05, 3.63) is 63.9 Å². The quantitative estimate of drug-likeness (QED) is 0.840. The van der Waals surface area contributed by atoms with E-state index in [-0.39, 0.29) is 18.1 Å². The molecule has 0 bridgehead atoms. The van der Waals surface area contributed by atoms with Gasteiger partial charge in [0.15, 0.2) is 0 Å². The molecule has 0 aliphatic rings. The van der Waals surface area contributed by atoms with Gasteiger partial charge in [0.25, 0.3) is 0 Å². The van der Waals surface area contributed by atoms with Crippen molar-refractivity contribution in [1.82, 2.24) is 5.32 Å². The van der Waals surface area contributed by atoms with E-state index in [1.807, 2.05) is 24.3 Å². The van der Waals surface area contributed by atoms with Crippen LogP contribution in [0.5, 0.6) is 5.75 Å². The molecule has 0 aromatic heterocycles. The Balaban J connectivity index is 1.72. The van der Waals surface area contributed by atoms with Crippen molar-refractivity contribution in [1.29, 1.82) is 0 Å². The van der Waals surface area contributed by atoms with Gasteiger partial charge in [0.2, 0.25) is 5.91 Å². The lowest BCUT2D eigenvalue weighted by Crippen LogP contribution is -2.24. The maximum absolute atomic E-state index is 13.1. The molecular weight excluding hydrogens is 349 g/mol. The number of benzene rings is 2. The topological polar surface area (TPSA) is 38.3 Å². The summed E-state index contributed by atoms with van der Waals surface area (Å²) in [4.78, 5) is 11.8. The zero-order valence-electron chi connectivity index (χ0n) is 12.2. The number of hydrogen-bond acceptors (Lipinski definition) is 2. The molecule has 0 aliphatic carbocycles. The van der Waals surface area contributed by atoms with Gasteiger partial charge in [-0.25, -0.2) is 4.39 Å². The highest BCUT2D eigenvalue weighted by atomic mass is 79.9. The molecule has 0 saturated heterocycles. The van der Waals surface area contributed by atoms with Gasteiger partial charge in [-0.15, -0.1) is 0 Å². The highest BCUT2D eigenvalue weighted by molar-refractivity contribution is 9.10. The Kier molecular flexibility index (Phi) is 5.95. The highest BCUT2D eigenvalue weighted by Gasteiger charge is 2.04. The molecule has 2 aromatic rings. The maximum Gasteiger partial charge on any atom is 0.223 e. The van der Waals surface area contributed by atoms with Crippen molar-refractivity contribution < 1.29 is 13.9 Å². The van der Waals surface area contributed by atoms with Crippen LogP contribution in [0.15, 0.2) is 46.9 Å². The second-order valence-corrected chi connectivity index (χ2v) is 5.83. The predicted octanol–water partition coefficient (Wildman–Crippen LogP) is 3.98. The smallest absolute Gasteiger partial charge is 0.223 e. The van der Waals surface area contributed by atoms with Crippen molar-refractivity contribution in [3.8, 4) is 5.75 Å². The van der Waals surface area contributed by atoms with Crippen LogP contribution in [0, 0.1) is 12.7 Å². The van der Waals surface area contributed by atoms with Crippen LogP contribution in [-0.4, -0.2) is 12.5 Å². The van der Waals surface area contributed by atoms with Gasteiger partial charge in [0.1, 0.15) is 11.6 Å². The number of hydrogen-bond donors (Lipinski definition) is 1. The Bertz CT molecular complexity index is 661. The number of carbonyl (C=O) groups excluding carboxylic acids is 1. The van der Waals surface area contributed by atoms with Crippen molar-refractivity contribution in [2.24, 2.45) is 0 Å². The second-order valence-electron chi connectivity index (χ2n) is 4.92. The molecule has 0 heterocycles. The van der Waals surface area contributed by atoms with Gasteiger partial charge in [-0.05, 0) is 42.3 Å². The Hall–Kier alpha value is -1.88. The number of halogens is 2. The number of amides is 1. The Morgan fingerprint density at radius 2 is 2.09 bits per heavy atom. The van der Waals surface area contributed by atoms with Gasteiger partial charge >= 0.3 is 0 Å². The van der Waals surface area contributed by atoms with Crippen LogP contribution in [0.2, 0.25) is 0 Å². The van der Waals surface area contributed by atoms with Crippen LogP contribution in [-0.2, 0) is 11.3 Å². The Morgan fingerprint density at radius 3 is 2.82 bits per heavy atom. The average molecular weight is 366 g/mol. The van der Waals surface area contributed by atoms with E-state index in [1.54, 1.807) is 19.1 Å². The third-order valence-corrected chi connectivity index (χ3v) is 3.60. The number of ether oxygens (including phenoxy) is 1. The molecule has 22 heavy (non-hydrogen) atoms. The van der Waals surface area contributed by atoms with Gasteiger partial charge in [0, 0.05) is 11.0 Å². The number of nitrogens with one attached hydrogen (secondary N) is 1. The minimum absolute atomic E-state index is 0.100. The largest absolute Gasteiger partial charge is 0.493 e. The fourth-order valence-electron chi connectivity index (χ4n) is 1.92. The predicted molar refractivity (Wildman–Crippen MR) is 87.2 cm³/mol. The summed E-state index contributed by atoms with van der Waals surface area (Å²) in [7, 11) is 0. The van der Waals surface area contributed by atoms with Gasteiger partial charge in [-0.1, -0.05) is 34.1 Å². The molecule has 1 N–H and O–H groups in total. The van der Waals surface area contributed by atoms with Gasteiger partial charge in [0.05, 0.1) is 13.0 Å². The van der Waals surface area contributed by atoms with Crippen LogP contribution in [0.25, 0.3) is 0 Å². The monoisotopic (exact) mass is 365 g/mol. The zero-order chi connectivity index (χ0) is 15.9. The summed E-state index contributed by atoms with van der Waals surface area (Å²) in [6.07, 6.45) is 0.271. The summed E-state index contributed by atoms with van der Waals surface area (Å²) in [5.74, 6) is 0.380. The van der Waals surface area contributed by atoms with Crippen LogP contribution >= 0.6 is 15.9 Å². The molecule has 0 radical (unpaired) electrons. The van der Waals surface area contributed by atoms with Gasteiger partial charge < -0.3 is 10.1 Å². The summed E-state index contributed by atoms with van der Waals surface area (Å²) >= 11 is 3.36. The fourth-order valence-corrected chi connectivity index (χ4v) is 2.30. The molecule has 0 fully saturated rings. The molecule has 0 atom stereocenters. The minimum Gasteiger partial charge on any atom is -0.493 e. The Labute approximate surface area is 137 Å². The normalized spacial score (nSPS) is 10.3. The van der Waals surface area contributed by atoms with Crippen LogP contribution < -0.4 is 10.1 Å². The van der Waals surface area contributed by atoms with E-state index in [0.29, 0.717) is 18.7 Å². The number of rotatable bonds is 6. The fraction of sp³-hybridized carbons (Fsp3) is 0.235. The molecular formula is C17H17BrFNO2. The molecule has 0 aliphatic heterocycles. The van der Waals surface area contributed by atoms with Crippen molar-refractivity contribution in [2.45, 2.75) is 19.9 Å². The third-order valence-electron chi connectivity index (χ3n) is 3.11. The molecule has 0 saturated carbocycles. The summed E-state index contributed by atoms with van der Waals surface area (Å²) in [5.41, 5.74) is 1.45. The molecule has 0 unspecified atom stereocenters. The van der Waals surface area contributed by atoms with Crippen LogP contribution in [0.3, 0.4) is 0 Å². The number of aryl methyl sites for hydroxylation is 1. The lowest BCUT2D eigenvalue weighted by molar-refractivity contribution is -0.121. The summed E-state index contributed by atoms with van der Waals surface area (Å²) in [6.45, 7) is 2.40. The van der Waals surface area contributed by atoms with Crippen molar-refractivity contribution in [2.75, 3.05) is 6.61 Å². The van der Waals surface area contributed by atoms with E-state index in [1.165, 1.54) is 6.07 Å². The molecule has 2 aromatic carbocycles. The first-order valence-electron chi connectivity index (χ1n) is 6.94. The lowest BCUT2D eigenvalue weighted by atomic mass is 10.1. The zero-order valence-corrected chi connectivity index (χ0v) is 13.8. The van der Waals surface area contributed by atoms with E-state index in [2.05, 4.69) is 21.2 Å². The van der Waals surface area contributed by atoms with E-state index < -0.39 is 0 Å². The Morgan fingerprint density at radius 1 is 1.27 bits per heavy atom. The molecule has 0 spiro atoms. The average Bonchev–Trinajstić information content (AvgIpc) is 2.48. The maximum atomic E-state index is 13.1. The van der Waals surface area contributed by atoms with Gasteiger partial charge in [-0.2, -0.15) is 0 Å². The lowest BCUT2D eigenvalue weighted by Gasteiger charge is -2.08. The van der Waals surface area contributed by atoms with E-state index >= 15 is 0 Å². The highest BCUT2D eigenvalue weighted by Crippen LogP contribution is 2.17. The first kappa shape index (κ1) is 16.5. The number of carbonyl (C=O) groups is 1. The summed E-state index contributed by atoms with van der Waals surface area (Å²) in [6, 6.07) is 12.3. The first-order chi connectivity index (χ1) is 10.5. The van der Waals surface area contributed by atoms with Gasteiger partial charge in [-0.3, -0.25) is 4.79 Å². The second kappa shape index (κ2) is 7.94. The van der Waals surface area contributed by atoms with E-state index in [0.717, 1.165) is 15.8 Å². The SMILES string of the molecule is Cc1cc(CNC(=O)CCOc2cccc(Br)c2)ccc1F. The van der Waals surface area contributed by atoms with E-state index in [9.17, 15) is 9.18 Å².